The quantitative estimate of drug-likeness (QED) is 0.764. The van der Waals surface area contributed by atoms with Gasteiger partial charge < -0.3 is 14.9 Å². The lowest BCUT2D eigenvalue weighted by molar-refractivity contribution is 0.0751. The Kier molecular flexibility index (Phi) is 2.66. The summed E-state index contributed by atoms with van der Waals surface area (Å²) in [6, 6.07) is 2.47. The summed E-state index contributed by atoms with van der Waals surface area (Å²) in [4.78, 5) is 0. The van der Waals surface area contributed by atoms with E-state index >= 15 is 0 Å². The number of methoxy groups -OCH3 is 1. The van der Waals surface area contributed by atoms with Crippen LogP contribution >= 0.6 is 0 Å². The van der Waals surface area contributed by atoms with E-state index in [4.69, 9.17) is 0 Å². The zero-order valence-electron chi connectivity index (χ0n) is 8.34. The first-order chi connectivity index (χ1) is 6.38. The molecule has 1 rings (SSSR count). The van der Waals surface area contributed by atoms with Gasteiger partial charge in [-0.3, -0.25) is 0 Å². The SMILES string of the molecule is COc1c(F)ccc(C(C)(C)O)c1O. The van der Waals surface area contributed by atoms with Crippen molar-refractivity contribution in [3.8, 4) is 11.5 Å². The van der Waals surface area contributed by atoms with E-state index < -0.39 is 11.4 Å². The molecule has 0 aliphatic rings. The predicted molar refractivity (Wildman–Crippen MR) is 49.9 cm³/mol. The van der Waals surface area contributed by atoms with Crippen molar-refractivity contribution in [1.82, 2.24) is 0 Å². The second-order valence-corrected chi connectivity index (χ2v) is 3.54. The zero-order chi connectivity index (χ0) is 10.9. The molecule has 0 fully saturated rings. The van der Waals surface area contributed by atoms with Crippen molar-refractivity contribution in [2.45, 2.75) is 19.4 Å². The maximum atomic E-state index is 13.1. The molecule has 14 heavy (non-hydrogen) atoms. The summed E-state index contributed by atoms with van der Waals surface area (Å²) in [6.45, 7) is 3.00. The van der Waals surface area contributed by atoms with Gasteiger partial charge >= 0.3 is 0 Å². The highest BCUT2D eigenvalue weighted by molar-refractivity contribution is 5.48. The molecule has 0 bridgehead atoms. The molecule has 0 heterocycles. The van der Waals surface area contributed by atoms with Crippen LogP contribution in [0.1, 0.15) is 19.4 Å². The molecule has 0 aliphatic carbocycles. The third-order valence-corrected chi connectivity index (χ3v) is 1.95. The number of rotatable bonds is 2. The number of aliphatic hydroxyl groups is 1. The van der Waals surface area contributed by atoms with Gasteiger partial charge in [-0.1, -0.05) is 0 Å². The van der Waals surface area contributed by atoms with Gasteiger partial charge in [-0.05, 0) is 26.0 Å². The number of benzene rings is 1. The summed E-state index contributed by atoms with van der Waals surface area (Å²) in [7, 11) is 1.26. The largest absolute Gasteiger partial charge is 0.504 e. The van der Waals surface area contributed by atoms with E-state index in [1.807, 2.05) is 0 Å². The lowest BCUT2D eigenvalue weighted by Gasteiger charge is -2.20. The first kappa shape index (κ1) is 10.8. The maximum Gasteiger partial charge on any atom is 0.196 e. The number of phenolic OH excluding ortho intramolecular Hbond substituents is 1. The molecule has 78 valence electrons. The van der Waals surface area contributed by atoms with Crippen LogP contribution in [0.2, 0.25) is 0 Å². The fourth-order valence-corrected chi connectivity index (χ4v) is 1.23. The Balaban J connectivity index is 3.36. The molecule has 2 N–H and O–H groups in total. The van der Waals surface area contributed by atoms with E-state index in [0.29, 0.717) is 0 Å². The van der Waals surface area contributed by atoms with Crippen molar-refractivity contribution < 1.29 is 19.3 Å². The molecule has 1 aromatic carbocycles. The highest BCUT2D eigenvalue weighted by atomic mass is 19.1. The van der Waals surface area contributed by atoms with Gasteiger partial charge in [0.2, 0.25) is 0 Å². The van der Waals surface area contributed by atoms with Crippen molar-refractivity contribution in [1.29, 1.82) is 0 Å². The topological polar surface area (TPSA) is 49.7 Å². The van der Waals surface area contributed by atoms with Gasteiger partial charge in [0.1, 0.15) is 0 Å². The molecule has 1 aromatic rings. The van der Waals surface area contributed by atoms with Crippen molar-refractivity contribution in [2.24, 2.45) is 0 Å². The number of aromatic hydroxyl groups is 1. The molecule has 0 saturated heterocycles. The lowest BCUT2D eigenvalue weighted by atomic mass is 9.97. The van der Waals surface area contributed by atoms with E-state index in [0.717, 1.165) is 6.07 Å². The van der Waals surface area contributed by atoms with Gasteiger partial charge in [-0.15, -0.1) is 0 Å². The summed E-state index contributed by atoms with van der Waals surface area (Å²) < 4.78 is 17.7. The van der Waals surface area contributed by atoms with Crippen LogP contribution in [0, 0.1) is 5.82 Å². The van der Waals surface area contributed by atoms with Crippen LogP contribution in [0.15, 0.2) is 12.1 Å². The molecule has 0 saturated carbocycles. The summed E-state index contributed by atoms with van der Waals surface area (Å²) in [5.41, 5.74) is -0.999. The average Bonchev–Trinajstić information content (AvgIpc) is 2.02. The van der Waals surface area contributed by atoms with Crippen molar-refractivity contribution >= 4 is 0 Å². The summed E-state index contributed by atoms with van der Waals surface area (Å²) >= 11 is 0. The highest BCUT2D eigenvalue weighted by Crippen LogP contribution is 2.37. The van der Waals surface area contributed by atoms with Crippen LogP contribution in [0.4, 0.5) is 4.39 Å². The normalized spacial score (nSPS) is 11.5. The second-order valence-electron chi connectivity index (χ2n) is 3.54. The van der Waals surface area contributed by atoms with E-state index in [1.165, 1.54) is 27.0 Å². The number of hydrogen-bond acceptors (Lipinski definition) is 3. The van der Waals surface area contributed by atoms with Crippen LogP contribution in [0.3, 0.4) is 0 Å². The standard InChI is InChI=1S/C10H13FO3/c1-10(2,13)6-4-5-7(11)9(14-3)8(6)12/h4-5,12-13H,1-3H3. The van der Waals surface area contributed by atoms with Crippen LogP contribution in [-0.4, -0.2) is 17.3 Å². The van der Waals surface area contributed by atoms with Crippen LogP contribution < -0.4 is 4.74 Å². The van der Waals surface area contributed by atoms with E-state index in [-0.39, 0.29) is 17.1 Å². The second kappa shape index (κ2) is 3.46. The molecule has 0 spiro atoms. The van der Waals surface area contributed by atoms with E-state index in [1.54, 1.807) is 0 Å². The Morgan fingerprint density at radius 2 is 1.93 bits per heavy atom. The summed E-state index contributed by atoms with van der Waals surface area (Å²) in [5, 5.41) is 19.2. The molecule has 3 nitrogen and oxygen atoms in total. The maximum absolute atomic E-state index is 13.1. The smallest absolute Gasteiger partial charge is 0.196 e. The monoisotopic (exact) mass is 200 g/mol. The molecule has 0 aromatic heterocycles. The minimum absolute atomic E-state index is 0.232. The van der Waals surface area contributed by atoms with E-state index in [9.17, 15) is 14.6 Å². The van der Waals surface area contributed by atoms with Gasteiger partial charge in [0.05, 0.1) is 12.7 Å². The van der Waals surface area contributed by atoms with Crippen molar-refractivity contribution in [3.63, 3.8) is 0 Å². The molecular weight excluding hydrogens is 187 g/mol. The summed E-state index contributed by atoms with van der Waals surface area (Å²) in [5.74, 6) is -1.26. The first-order valence-corrected chi connectivity index (χ1v) is 4.16. The zero-order valence-corrected chi connectivity index (χ0v) is 8.34. The third-order valence-electron chi connectivity index (χ3n) is 1.95. The van der Waals surface area contributed by atoms with Crippen LogP contribution in [0.25, 0.3) is 0 Å². The number of phenols is 1. The van der Waals surface area contributed by atoms with E-state index in [2.05, 4.69) is 4.74 Å². The van der Waals surface area contributed by atoms with Gasteiger partial charge in [-0.2, -0.15) is 0 Å². The Labute approximate surface area is 81.8 Å². The van der Waals surface area contributed by atoms with Crippen molar-refractivity contribution in [2.75, 3.05) is 7.11 Å². The predicted octanol–water partition coefficient (Wildman–Crippen LogP) is 1.77. The number of ether oxygens (including phenoxy) is 1. The first-order valence-electron chi connectivity index (χ1n) is 4.16. The Bertz CT molecular complexity index is 342. The van der Waals surface area contributed by atoms with Crippen LogP contribution in [-0.2, 0) is 5.60 Å². The molecule has 0 amide bonds. The van der Waals surface area contributed by atoms with Gasteiger partial charge in [-0.25, -0.2) is 4.39 Å². The Morgan fingerprint density at radius 3 is 2.36 bits per heavy atom. The van der Waals surface area contributed by atoms with Crippen molar-refractivity contribution in [3.05, 3.63) is 23.5 Å². The molecule has 0 atom stereocenters. The minimum atomic E-state index is -1.23. The van der Waals surface area contributed by atoms with Crippen LogP contribution in [0.5, 0.6) is 11.5 Å². The number of halogens is 1. The summed E-state index contributed by atoms with van der Waals surface area (Å²) in [6.07, 6.45) is 0. The fourth-order valence-electron chi connectivity index (χ4n) is 1.23. The minimum Gasteiger partial charge on any atom is -0.504 e. The molecule has 0 unspecified atom stereocenters. The fraction of sp³-hybridized carbons (Fsp3) is 0.400. The molecule has 0 aliphatic heterocycles. The third kappa shape index (κ3) is 1.80. The molecule has 4 heteroatoms. The molecule has 0 radical (unpaired) electrons. The van der Waals surface area contributed by atoms with Gasteiger partial charge in [0, 0.05) is 5.56 Å². The average molecular weight is 200 g/mol. The van der Waals surface area contributed by atoms with Gasteiger partial charge in [0.15, 0.2) is 17.3 Å². The molecular formula is C10H13FO3. The Hall–Kier alpha value is -1.29. The highest BCUT2D eigenvalue weighted by Gasteiger charge is 2.24. The Morgan fingerprint density at radius 1 is 1.36 bits per heavy atom. The number of hydrogen-bond donors (Lipinski definition) is 2. The van der Waals surface area contributed by atoms with Gasteiger partial charge in [0.25, 0.3) is 0 Å². The lowest BCUT2D eigenvalue weighted by Crippen LogP contribution is -2.16.